The summed E-state index contributed by atoms with van der Waals surface area (Å²) in [5.41, 5.74) is 2.09. The summed E-state index contributed by atoms with van der Waals surface area (Å²) in [6, 6.07) is 15.7. The molecule has 176 valence electrons. The van der Waals surface area contributed by atoms with Gasteiger partial charge in [0.25, 0.3) is 0 Å². The second kappa shape index (κ2) is 13.1. The molecule has 0 aromatic heterocycles. The molecule has 0 saturated carbocycles. The first kappa shape index (κ1) is 26.6. The molecule has 0 amide bonds. The number of aliphatic hydroxyl groups is 1. The van der Waals surface area contributed by atoms with Crippen LogP contribution in [0.25, 0.3) is 6.08 Å². The van der Waals surface area contributed by atoms with E-state index in [1.165, 1.54) is 16.4 Å². The summed E-state index contributed by atoms with van der Waals surface area (Å²) in [6.45, 7) is 6.26. The summed E-state index contributed by atoms with van der Waals surface area (Å²) in [5, 5.41) is 10.7. The van der Waals surface area contributed by atoms with Crippen LogP contribution in [-0.4, -0.2) is 37.0 Å². The lowest BCUT2D eigenvalue weighted by atomic mass is 10.0. The van der Waals surface area contributed by atoms with Gasteiger partial charge in [-0.1, -0.05) is 87.2 Å². The van der Waals surface area contributed by atoms with Crippen molar-refractivity contribution in [3.05, 3.63) is 70.8 Å². The molecule has 0 heterocycles. The maximum absolute atomic E-state index is 13.7. The average Bonchev–Trinajstić information content (AvgIpc) is 2.76. The average molecular weight is 478 g/mol. The van der Waals surface area contributed by atoms with Crippen LogP contribution in [-0.2, 0) is 10.0 Å². The van der Waals surface area contributed by atoms with Crippen LogP contribution in [0.15, 0.2) is 65.1 Å². The van der Waals surface area contributed by atoms with E-state index in [2.05, 4.69) is 13.0 Å². The highest BCUT2D eigenvalue weighted by atomic mass is 35.5. The molecule has 0 aliphatic heterocycles. The van der Waals surface area contributed by atoms with Gasteiger partial charge in [-0.05, 0) is 55.0 Å². The van der Waals surface area contributed by atoms with Crippen molar-refractivity contribution in [1.29, 1.82) is 0 Å². The molecule has 6 heteroatoms. The molecule has 4 nitrogen and oxygen atoms in total. The minimum atomic E-state index is -3.82. The molecular weight excluding hydrogens is 442 g/mol. The SMILES string of the molecule is CCCCCC(=Cc1ccccc1)CN(C(CO)CC(C)C)S(=O)(=O)c1ccc(Cl)cc1. The van der Waals surface area contributed by atoms with E-state index < -0.39 is 16.1 Å². The molecular formula is C26H36ClNO3S. The number of aliphatic hydroxyl groups excluding tert-OH is 1. The first-order chi connectivity index (χ1) is 15.3. The van der Waals surface area contributed by atoms with Gasteiger partial charge >= 0.3 is 0 Å². The van der Waals surface area contributed by atoms with Crippen molar-refractivity contribution in [2.24, 2.45) is 5.92 Å². The lowest BCUT2D eigenvalue weighted by Gasteiger charge is -2.32. The fourth-order valence-corrected chi connectivity index (χ4v) is 5.52. The van der Waals surface area contributed by atoms with Crippen LogP contribution in [0.5, 0.6) is 0 Å². The van der Waals surface area contributed by atoms with E-state index in [1.807, 2.05) is 44.2 Å². The van der Waals surface area contributed by atoms with Crippen LogP contribution in [0.4, 0.5) is 0 Å². The van der Waals surface area contributed by atoms with Crippen molar-refractivity contribution in [3.63, 3.8) is 0 Å². The van der Waals surface area contributed by atoms with E-state index in [-0.39, 0.29) is 24.0 Å². The van der Waals surface area contributed by atoms with Crippen LogP contribution in [0.3, 0.4) is 0 Å². The Kier molecular flexibility index (Phi) is 10.9. The highest BCUT2D eigenvalue weighted by Crippen LogP contribution is 2.26. The Labute approximate surface area is 199 Å². The molecule has 1 atom stereocenters. The smallest absolute Gasteiger partial charge is 0.243 e. The van der Waals surface area contributed by atoms with Gasteiger partial charge in [0.15, 0.2) is 0 Å². The van der Waals surface area contributed by atoms with Crippen molar-refractivity contribution < 1.29 is 13.5 Å². The normalized spacial score (nSPS) is 13.7. The Balaban J connectivity index is 2.47. The Bertz CT molecular complexity index is 941. The maximum Gasteiger partial charge on any atom is 0.243 e. The van der Waals surface area contributed by atoms with Gasteiger partial charge in [-0.15, -0.1) is 0 Å². The topological polar surface area (TPSA) is 57.6 Å². The molecule has 2 aromatic carbocycles. The fourth-order valence-electron chi connectivity index (χ4n) is 3.76. The van der Waals surface area contributed by atoms with Crippen molar-refractivity contribution in [3.8, 4) is 0 Å². The third-order valence-corrected chi connectivity index (χ3v) is 7.58. The van der Waals surface area contributed by atoms with Crippen LogP contribution in [0, 0.1) is 5.92 Å². The third kappa shape index (κ3) is 8.04. The van der Waals surface area contributed by atoms with Crippen LogP contribution < -0.4 is 0 Å². The molecule has 32 heavy (non-hydrogen) atoms. The number of hydrogen-bond acceptors (Lipinski definition) is 3. The minimum Gasteiger partial charge on any atom is -0.395 e. The molecule has 0 spiro atoms. The standard InChI is InChI=1S/C26H36ClNO3S/c1-4-5-7-12-23(18-22-10-8-6-9-11-22)19-28(25(20-29)17-21(2)3)32(30,31)26-15-13-24(27)14-16-26/h6,8-11,13-16,18,21,25,29H,4-5,7,12,17,19-20H2,1-3H3. The van der Waals surface area contributed by atoms with Crippen molar-refractivity contribution in [1.82, 2.24) is 4.31 Å². The Morgan fingerprint density at radius 2 is 1.72 bits per heavy atom. The van der Waals surface area contributed by atoms with E-state index in [1.54, 1.807) is 12.1 Å². The molecule has 0 radical (unpaired) electrons. The highest BCUT2D eigenvalue weighted by Gasteiger charge is 2.32. The summed E-state index contributed by atoms with van der Waals surface area (Å²) >= 11 is 5.99. The van der Waals surface area contributed by atoms with Crippen molar-refractivity contribution in [2.45, 2.75) is 63.8 Å². The molecule has 2 aromatic rings. The molecule has 2 rings (SSSR count). The summed E-state index contributed by atoms with van der Waals surface area (Å²) in [4.78, 5) is 0.191. The maximum atomic E-state index is 13.7. The van der Waals surface area contributed by atoms with Crippen molar-refractivity contribution in [2.75, 3.05) is 13.2 Å². The first-order valence-electron chi connectivity index (χ1n) is 11.4. The predicted octanol–water partition coefficient (Wildman–Crippen LogP) is 6.40. The molecule has 0 fully saturated rings. The number of nitrogens with zero attached hydrogens (tertiary/aromatic N) is 1. The van der Waals surface area contributed by atoms with Crippen molar-refractivity contribution >= 4 is 27.7 Å². The Morgan fingerprint density at radius 1 is 1.06 bits per heavy atom. The molecule has 0 aliphatic rings. The first-order valence-corrected chi connectivity index (χ1v) is 13.2. The number of benzene rings is 2. The summed E-state index contributed by atoms with van der Waals surface area (Å²) in [5.74, 6) is 0.247. The zero-order valence-corrected chi connectivity index (χ0v) is 20.9. The highest BCUT2D eigenvalue weighted by molar-refractivity contribution is 7.89. The third-order valence-electron chi connectivity index (χ3n) is 5.41. The Morgan fingerprint density at radius 3 is 2.28 bits per heavy atom. The number of hydrogen-bond donors (Lipinski definition) is 1. The summed E-state index contributed by atoms with van der Waals surface area (Å²) in [6.07, 6.45) is 6.66. The minimum absolute atomic E-state index is 0.191. The van der Waals surface area contributed by atoms with Crippen LogP contribution in [0.1, 0.15) is 58.4 Å². The number of unbranched alkanes of at least 4 members (excludes halogenated alkanes) is 2. The van der Waals surface area contributed by atoms with Gasteiger partial charge in [-0.2, -0.15) is 4.31 Å². The molecule has 1 N–H and O–H groups in total. The number of rotatable bonds is 13. The largest absolute Gasteiger partial charge is 0.395 e. The zero-order chi connectivity index (χ0) is 23.6. The van der Waals surface area contributed by atoms with Gasteiger partial charge in [-0.3, -0.25) is 0 Å². The summed E-state index contributed by atoms with van der Waals surface area (Å²) < 4.78 is 28.9. The van der Waals surface area contributed by atoms with Gasteiger partial charge in [0.05, 0.1) is 11.5 Å². The predicted molar refractivity (Wildman–Crippen MR) is 134 cm³/mol. The molecule has 1 unspecified atom stereocenters. The second-order valence-corrected chi connectivity index (χ2v) is 11.0. The summed E-state index contributed by atoms with van der Waals surface area (Å²) in [7, 11) is -3.82. The molecule has 0 bridgehead atoms. The Hall–Kier alpha value is -1.66. The van der Waals surface area contributed by atoms with Crippen LogP contribution >= 0.6 is 11.6 Å². The van der Waals surface area contributed by atoms with Gasteiger partial charge in [0, 0.05) is 17.6 Å². The van der Waals surface area contributed by atoms with Crippen LogP contribution in [0.2, 0.25) is 5.02 Å². The molecule has 0 saturated heterocycles. The number of sulfonamides is 1. The monoisotopic (exact) mass is 477 g/mol. The van der Waals surface area contributed by atoms with E-state index in [4.69, 9.17) is 11.6 Å². The van der Waals surface area contributed by atoms with Gasteiger partial charge < -0.3 is 5.11 Å². The van der Waals surface area contributed by atoms with E-state index >= 15 is 0 Å². The van der Waals surface area contributed by atoms with Gasteiger partial charge in [-0.25, -0.2) is 8.42 Å². The van der Waals surface area contributed by atoms with Gasteiger partial charge in [0.1, 0.15) is 0 Å². The lowest BCUT2D eigenvalue weighted by molar-refractivity contribution is 0.173. The molecule has 0 aliphatic carbocycles. The number of halogens is 1. The lowest BCUT2D eigenvalue weighted by Crippen LogP contribution is -2.44. The fraction of sp³-hybridized carbons (Fsp3) is 0.462. The van der Waals surface area contributed by atoms with E-state index in [9.17, 15) is 13.5 Å². The van der Waals surface area contributed by atoms with Gasteiger partial charge in [0.2, 0.25) is 10.0 Å². The quantitative estimate of drug-likeness (QED) is 0.339. The zero-order valence-electron chi connectivity index (χ0n) is 19.4. The van der Waals surface area contributed by atoms with E-state index in [0.29, 0.717) is 11.4 Å². The van der Waals surface area contributed by atoms with E-state index in [0.717, 1.165) is 36.8 Å². The second-order valence-electron chi connectivity index (χ2n) is 8.64.